The number of aromatic hydroxyl groups is 1. The smallest absolute Gasteiger partial charge is 0.200 e. The molecule has 0 unspecified atom stereocenters. The van der Waals surface area contributed by atoms with E-state index in [0.717, 1.165) is 22.6 Å². The maximum atomic E-state index is 9.98. The average molecular weight is 348 g/mol. The van der Waals surface area contributed by atoms with Crippen molar-refractivity contribution in [1.82, 2.24) is 9.97 Å². The summed E-state index contributed by atoms with van der Waals surface area (Å²) in [7, 11) is 2.98. The standard InChI is InChI=1S/C17H17N3O3.ClH/c1-22-14-7-11(8-15(23-2)16(14)21)13-9-19-17(20-13)10-3-5-12(18)6-4-10;/h3-9,21H,18H2,1-2H3,(H,19,20);1H. The topological polar surface area (TPSA) is 93.4 Å². The molecule has 1 aromatic heterocycles. The molecule has 0 saturated carbocycles. The number of benzene rings is 2. The monoisotopic (exact) mass is 347 g/mol. The number of anilines is 1. The molecule has 126 valence electrons. The van der Waals surface area contributed by atoms with Gasteiger partial charge in [0.2, 0.25) is 5.75 Å². The minimum atomic E-state index is -0.0305. The number of rotatable bonds is 4. The fourth-order valence-corrected chi connectivity index (χ4v) is 2.30. The van der Waals surface area contributed by atoms with Crippen LogP contribution < -0.4 is 15.2 Å². The number of phenols is 1. The summed E-state index contributed by atoms with van der Waals surface area (Å²) in [6.07, 6.45) is 1.72. The van der Waals surface area contributed by atoms with Gasteiger partial charge in [-0.2, -0.15) is 0 Å². The number of ether oxygens (including phenoxy) is 2. The Morgan fingerprint density at radius 2 is 1.58 bits per heavy atom. The number of hydrogen-bond donors (Lipinski definition) is 3. The summed E-state index contributed by atoms with van der Waals surface area (Å²) in [5.74, 6) is 1.37. The van der Waals surface area contributed by atoms with Gasteiger partial charge in [-0.3, -0.25) is 0 Å². The molecule has 0 saturated heterocycles. The molecule has 0 spiro atoms. The second kappa shape index (κ2) is 7.14. The number of aromatic amines is 1. The first-order valence-electron chi connectivity index (χ1n) is 6.98. The van der Waals surface area contributed by atoms with Crippen molar-refractivity contribution in [3.63, 3.8) is 0 Å². The van der Waals surface area contributed by atoms with E-state index >= 15 is 0 Å². The number of nitrogens with zero attached hydrogens (tertiary/aromatic N) is 1. The Hall–Kier alpha value is -2.86. The van der Waals surface area contributed by atoms with Crippen LogP contribution in [0.4, 0.5) is 5.69 Å². The lowest BCUT2D eigenvalue weighted by Crippen LogP contribution is -1.91. The highest BCUT2D eigenvalue weighted by atomic mass is 35.5. The summed E-state index contributed by atoms with van der Waals surface area (Å²) >= 11 is 0. The Morgan fingerprint density at radius 3 is 2.12 bits per heavy atom. The van der Waals surface area contributed by atoms with E-state index in [2.05, 4.69) is 9.97 Å². The molecular weight excluding hydrogens is 330 g/mol. The highest BCUT2D eigenvalue weighted by Gasteiger charge is 2.14. The highest BCUT2D eigenvalue weighted by molar-refractivity contribution is 5.85. The van der Waals surface area contributed by atoms with Crippen LogP contribution in [0.5, 0.6) is 17.2 Å². The summed E-state index contributed by atoms with van der Waals surface area (Å²) in [4.78, 5) is 7.63. The first kappa shape index (κ1) is 17.5. The van der Waals surface area contributed by atoms with Crippen LogP contribution in [0.15, 0.2) is 42.6 Å². The molecule has 0 aliphatic rings. The molecule has 0 aliphatic heterocycles. The van der Waals surface area contributed by atoms with E-state index in [1.807, 2.05) is 24.3 Å². The molecule has 0 aliphatic carbocycles. The summed E-state index contributed by atoms with van der Waals surface area (Å²) in [6, 6.07) is 10.9. The Bertz CT molecular complexity index is 806. The third-order valence-corrected chi connectivity index (χ3v) is 3.55. The van der Waals surface area contributed by atoms with E-state index in [-0.39, 0.29) is 18.2 Å². The third kappa shape index (κ3) is 3.23. The number of halogens is 1. The van der Waals surface area contributed by atoms with Crippen LogP contribution in [-0.2, 0) is 0 Å². The molecule has 0 fully saturated rings. The molecular formula is C17H18ClN3O3. The molecule has 0 atom stereocenters. The van der Waals surface area contributed by atoms with Gasteiger partial charge in [0.1, 0.15) is 5.82 Å². The van der Waals surface area contributed by atoms with Gasteiger partial charge >= 0.3 is 0 Å². The van der Waals surface area contributed by atoms with Gasteiger partial charge in [-0.25, -0.2) is 4.98 Å². The van der Waals surface area contributed by atoms with Crippen LogP contribution in [0.2, 0.25) is 0 Å². The van der Waals surface area contributed by atoms with Crippen molar-refractivity contribution < 1.29 is 14.6 Å². The van der Waals surface area contributed by atoms with Crippen molar-refractivity contribution >= 4 is 18.1 Å². The van der Waals surface area contributed by atoms with Crippen molar-refractivity contribution in [2.75, 3.05) is 20.0 Å². The quantitative estimate of drug-likeness (QED) is 0.628. The molecule has 3 aromatic rings. The SMILES string of the molecule is COc1cc(-c2cnc(-c3ccc(N)cc3)[nH]2)cc(OC)c1O.Cl. The Morgan fingerprint density at radius 1 is 1.00 bits per heavy atom. The zero-order valence-electron chi connectivity index (χ0n) is 13.2. The first-order valence-corrected chi connectivity index (χ1v) is 6.98. The summed E-state index contributed by atoms with van der Waals surface area (Å²) in [6.45, 7) is 0. The molecule has 7 heteroatoms. The van der Waals surface area contributed by atoms with Gasteiger partial charge in [0.15, 0.2) is 11.5 Å². The fraction of sp³-hybridized carbons (Fsp3) is 0.118. The second-order valence-corrected chi connectivity index (χ2v) is 5.00. The second-order valence-electron chi connectivity index (χ2n) is 5.00. The predicted octanol–water partition coefficient (Wildman–Crippen LogP) is 3.47. The molecule has 0 bridgehead atoms. The maximum absolute atomic E-state index is 9.98. The van der Waals surface area contributed by atoms with Crippen molar-refractivity contribution in [1.29, 1.82) is 0 Å². The normalized spacial score (nSPS) is 10.1. The van der Waals surface area contributed by atoms with E-state index in [1.54, 1.807) is 18.3 Å². The van der Waals surface area contributed by atoms with Crippen LogP contribution in [0.3, 0.4) is 0 Å². The van der Waals surface area contributed by atoms with Crippen LogP contribution in [0.25, 0.3) is 22.6 Å². The summed E-state index contributed by atoms with van der Waals surface area (Å²) < 4.78 is 10.4. The van der Waals surface area contributed by atoms with Gasteiger partial charge in [0.05, 0.1) is 26.1 Å². The number of hydrogen-bond acceptors (Lipinski definition) is 5. The number of imidazole rings is 1. The molecule has 4 N–H and O–H groups in total. The van der Waals surface area contributed by atoms with Gasteiger partial charge in [0.25, 0.3) is 0 Å². The molecule has 2 aromatic carbocycles. The van der Waals surface area contributed by atoms with E-state index < -0.39 is 0 Å². The zero-order chi connectivity index (χ0) is 16.4. The lowest BCUT2D eigenvalue weighted by molar-refractivity contribution is 0.340. The molecule has 24 heavy (non-hydrogen) atoms. The zero-order valence-corrected chi connectivity index (χ0v) is 14.1. The molecule has 1 heterocycles. The molecule has 6 nitrogen and oxygen atoms in total. The van der Waals surface area contributed by atoms with Gasteiger partial charge in [-0.1, -0.05) is 0 Å². The van der Waals surface area contributed by atoms with Gasteiger partial charge < -0.3 is 25.3 Å². The van der Waals surface area contributed by atoms with E-state index in [9.17, 15) is 5.11 Å². The number of methoxy groups -OCH3 is 2. The fourth-order valence-electron chi connectivity index (χ4n) is 2.30. The Labute approximate surface area is 145 Å². The van der Waals surface area contributed by atoms with Gasteiger partial charge in [-0.05, 0) is 36.4 Å². The van der Waals surface area contributed by atoms with Crippen molar-refractivity contribution in [2.45, 2.75) is 0 Å². The van der Waals surface area contributed by atoms with Gasteiger partial charge in [0, 0.05) is 16.8 Å². The molecule has 0 radical (unpaired) electrons. The number of nitrogen functional groups attached to an aromatic ring is 1. The van der Waals surface area contributed by atoms with Crippen LogP contribution in [-0.4, -0.2) is 29.3 Å². The third-order valence-electron chi connectivity index (χ3n) is 3.55. The number of nitrogens with two attached hydrogens (primary N) is 1. The Kier molecular flexibility index (Phi) is 5.21. The molecule has 3 rings (SSSR count). The number of H-pyrrole nitrogens is 1. The molecule has 0 amide bonds. The average Bonchev–Trinajstić information content (AvgIpc) is 3.05. The predicted molar refractivity (Wildman–Crippen MR) is 95.9 cm³/mol. The number of nitrogens with one attached hydrogen (secondary N) is 1. The van der Waals surface area contributed by atoms with E-state index in [0.29, 0.717) is 17.2 Å². The van der Waals surface area contributed by atoms with Gasteiger partial charge in [-0.15, -0.1) is 12.4 Å². The van der Waals surface area contributed by atoms with Crippen LogP contribution in [0.1, 0.15) is 0 Å². The largest absolute Gasteiger partial charge is 0.502 e. The number of aromatic nitrogens is 2. The van der Waals surface area contributed by atoms with Crippen LogP contribution >= 0.6 is 12.4 Å². The number of phenolic OH excluding ortho intramolecular Hbond substituents is 1. The van der Waals surface area contributed by atoms with Crippen molar-refractivity contribution in [3.8, 4) is 39.9 Å². The maximum Gasteiger partial charge on any atom is 0.200 e. The van der Waals surface area contributed by atoms with E-state index in [1.165, 1.54) is 14.2 Å². The van der Waals surface area contributed by atoms with E-state index in [4.69, 9.17) is 15.2 Å². The lowest BCUT2D eigenvalue weighted by Gasteiger charge is -2.10. The minimum Gasteiger partial charge on any atom is -0.502 e. The lowest BCUT2D eigenvalue weighted by atomic mass is 10.1. The summed E-state index contributed by atoms with van der Waals surface area (Å²) in [5.41, 5.74) is 8.92. The van der Waals surface area contributed by atoms with Crippen LogP contribution in [0, 0.1) is 0 Å². The Balaban J connectivity index is 0.00000208. The first-order chi connectivity index (χ1) is 11.1. The summed E-state index contributed by atoms with van der Waals surface area (Å²) in [5, 5.41) is 9.98. The van der Waals surface area contributed by atoms with Crippen molar-refractivity contribution in [2.24, 2.45) is 0 Å². The van der Waals surface area contributed by atoms with Crippen molar-refractivity contribution in [3.05, 3.63) is 42.6 Å². The minimum absolute atomic E-state index is 0. The highest BCUT2D eigenvalue weighted by Crippen LogP contribution is 2.40.